The number of carbonyl (C=O) groups is 1. The SMILES string of the molecule is CCc1ccc(C(Cl)c2cc3c(cc2Cl)NC(=O)C3)s1. The van der Waals surface area contributed by atoms with Gasteiger partial charge >= 0.3 is 0 Å². The minimum atomic E-state index is -0.270. The number of thiophene rings is 1. The maximum atomic E-state index is 11.4. The predicted molar refractivity (Wildman–Crippen MR) is 85.2 cm³/mol. The molecule has 5 heteroatoms. The molecule has 1 amide bonds. The predicted octanol–water partition coefficient (Wildman–Crippen LogP) is 4.79. The van der Waals surface area contributed by atoms with Gasteiger partial charge in [-0.1, -0.05) is 18.5 Å². The van der Waals surface area contributed by atoms with Gasteiger partial charge in [0, 0.05) is 20.5 Å². The van der Waals surface area contributed by atoms with Crippen molar-refractivity contribution in [3.8, 4) is 0 Å². The minimum Gasteiger partial charge on any atom is -0.325 e. The average Bonchev–Trinajstić information content (AvgIpc) is 3.02. The van der Waals surface area contributed by atoms with Crippen molar-refractivity contribution in [1.82, 2.24) is 0 Å². The van der Waals surface area contributed by atoms with Crippen molar-refractivity contribution in [2.75, 3.05) is 5.32 Å². The van der Waals surface area contributed by atoms with Crippen LogP contribution in [0.2, 0.25) is 5.02 Å². The molecule has 0 aliphatic carbocycles. The molecule has 104 valence electrons. The maximum Gasteiger partial charge on any atom is 0.228 e. The van der Waals surface area contributed by atoms with E-state index in [1.165, 1.54) is 4.88 Å². The summed E-state index contributed by atoms with van der Waals surface area (Å²) >= 11 is 14.6. The topological polar surface area (TPSA) is 29.1 Å². The van der Waals surface area contributed by atoms with Crippen molar-refractivity contribution < 1.29 is 4.79 Å². The molecule has 1 aliphatic heterocycles. The lowest BCUT2D eigenvalue weighted by atomic mass is 10.0. The summed E-state index contributed by atoms with van der Waals surface area (Å²) in [7, 11) is 0. The molecule has 0 fully saturated rings. The van der Waals surface area contributed by atoms with Crippen molar-refractivity contribution in [3.05, 3.63) is 50.2 Å². The van der Waals surface area contributed by atoms with Crippen LogP contribution in [0.15, 0.2) is 24.3 Å². The molecule has 0 radical (unpaired) electrons. The Morgan fingerprint density at radius 2 is 2.20 bits per heavy atom. The minimum absolute atomic E-state index is 0.00346. The standard InChI is InChI=1S/C15H13Cl2NOS/c1-2-9-3-4-13(20-9)15(17)10-5-8-6-14(19)18-12(8)7-11(10)16/h3-5,7,15H,2,6H2,1H3,(H,18,19). The number of alkyl halides is 1. The highest BCUT2D eigenvalue weighted by Crippen LogP contribution is 2.40. The van der Waals surface area contributed by atoms with Crippen molar-refractivity contribution in [1.29, 1.82) is 0 Å². The van der Waals surface area contributed by atoms with E-state index in [1.54, 1.807) is 17.4 Å². The van der Waals surface area contributed by atoms with Crippen LogP contribution in [0.3, 0.4) is 0 Å². The van der Waals surface area contributed by atoms with Crippen molar-refractivity contribution in [2.24, 2.45) is 0 Å². The molecular formula is C15H13Cl2NOS. The van der Waals surface area contributed by atoms with Gasteiger partial charge in [-0.3, -0.25) is 4.79 Å². The monoisotopic (exact) mass is 325 g/mol. The molecule has 1 aromatic carbocycles. The summed E-state index contributed by atoms with van der Waals surface area (Å²) < 4.78 is 0. The normalized spacial score (nSPS) is 15.1. The zero-order valence-corrected chi connectivity index (χ0v) is 13.2. The zero-order chi connectivity index (χ0) is 14.3. The molecule has 2 heterocycles. The first-order valence-corrected chi connectivity index (χ1v) is 8.06. The van der Waals surface area contributed by atoms with Gasteiger partial charge in [0.2, 0.25) is 5.91 Å². The fraction of sp³-hybridized carbons (Fsp3) is 0.267. The highest BCUT2D eigenvalue weighted by molar-refractivity contribution is 7.12. The fourth-order valence-corrected chi connectivity index (χ4v) is 4.00. The molecule has 20 heavy (non-hydrogen) atoms. The van der Waals surface area contributed by atoms with Gasteiger partial charge in [0.25, 0.3) is 0 Å². The average molecular weight is 326 g/mol. The van der Waals surface area contributed by atoms with Crippen molar-refractivity contribution >= 4 is 46.1 Å². The van der Waals surface area contributed by atoms with E-state index in [0.717, 1.165) is 28.1 Å². The number of anilines is 1. The summed E-state index contributed by atoms with van der Waals surface area (Å²) in [5, 5.41) is 3.12. The van der Waals surface area contributed by atoms with Gasteiger partial charge in [0.15, 0.2) is 0 Å². The van der Waals surface area contributed by atoms with Gasteiger partial charge in [0.05, 0.1) is 11.8 Å². The molecule has 2 nitrogen and oxygen atoms in total. The van der Waals surface area contributed by atoms with Gasteiger partial charge in [-0.15, -0.1) is 22.9 Å². The third-order valence-corrected chi connectivity index (χ3v) is 5.62. The zero-order valence-electron chi connectivity index (χ0n) is 10.9. The first-order valence-electron chi connectivity index (χ1n) is 6.43. The van der Waals surface area contributed by atoms with Crippen LogP contribution in [0, 0.1) is 0 Å². The van der Waals surface area contributed by atoms with E-state index in [9.17, 15) is 4.79 Å². The number of fused-ring (bicyclic) bond motifs is 1. The van der Waals surface area contributed by atoms with Crippen LogP contribution in [-0.2, 0) is 17.6 Å². The van der Waals surface area contributed by atoms with E-state index in [0.29, 0.717) is 11.4 Å². The molecule has 0 saturated carbocycles. The van der Waals surface area contributed by atoms with E-state index in [4.69, 9.17) is 23.2 Å². The Labute approximate surface area is 131 Å². The number of benzene rings is 1. The second-order valence-corrected chi connectivity index (χ2v) is 6.82. The van der Waals surface area contributed by atoms with Crippen LogP contribution in [0.25, 0.3) is 0 Å². The number of hydrogen-bond donors (Lipinski definition) is 1. The molecule has 1 aromatic heterocycles. The van der Waals surface area contributed by atoms with Gasteiger partial charge in [-0.25, -0.2) is 0 Å². The summed E-state index contributed by atoms with van der Waals surface area (Å²) in [6.45, 7) is 2.12. The summed E-state index contributed by atoms with van der Waals surface area (Å²) in [6.07, 6.45) is 1.40. The number of halogens is 2. The van der Waals surface area contributed by atoms with Crippen LogP contribution in [0.4, 0.5) is 5.69 Å². The Morgan fingerprint density at radius 1 is 1.40 bits per heavy atom. The summed E-state index contributed by atoms with van der Waals surface area (Å²) in [5.41, 5.74) is 2.63. The summed E-state index contributed by atoms with van der Waals surface area (Å²) in [5.74, 6) is 0.00346. The maximum absolute atomic E-state index is 11.4. The smallest absolute Gasteiger partial charge is 0.228 e. The molecule has 0 bridgehead atoms. The second-order valence-electron chi connectivity index (χ2n) is 4.78. The quantitative estimate of drug-likeness (QED) is 0.808. The van der Waals surface area contributed by atoms with Crippen LogP contribution in [-0.4, -0.2) is 5.91 Å². The van der Waals surface area contributed by atoms with E-state index in [1.807, 2.05) is 12.1 Å². The number of hydrogen-bond acceptors (Lipinski definition) is 2. The highest BCUT2D eigenvalue weighted by atomic mass is 35.5. The third kappa shape index (κ3) is 2.46. The Balaban J connectivity index is 1.97. The van der Waals surface area contributed by atoms with Crippen LogP contribution in [0.5, 0.6) is 0 Å². The molecule has 1 aliphatic rings. The van der Waals surface area contributed by atoms with Gasteiger partial charge < -0.3 is 5.32 Å². The fourth-order valence-electron chi connectivity index (χ4n) is 2.34. The number of rotatable bonds is 3. The molecule has 1 unspecified atom stereocenters. The van der Waals surface area contributed by atoms with E-state index < -0.39 is 0 Å². The molecule has 0 saturated heterocycles. The van der Waals surface area contributed by atoms with E-state index in [2.05, 4.69) is 18.3 Å². The Bertz CT molecular complexity index is 681. The lowest BCUT2D eigenvalue weighted by molar-refractivity contribution is -0.115. The summed E-state index contributed by atoms with van der Waals surface area (Å²) in [4.78, 5) is 13.8. The van der Waals surface area contributed by atoms with Crippen LogP contribution >= 0.6 is 34.5 Å². The molecule has 3 rings (SSSR count). The van der Waals surface area contributed by atoms with Crippen LogP contribution in [0.1, 0.15) is 33.2 Å². The number of carbonyl (C=O) groups excluding carboxylic acids is 1. The molecule has 2 aromatic rings. The first-order chi connectivity index (χ1) is 9.58. The van der Waals surface area contributed by atoms with Crippen molar-refractivity contribution in [2.45, 2.75) is 25.1 Å². The van der Waals surface area contributed by atoms with E-state index >= 15 is 0 Å². The van der Waals surface area contributed by atoms with Gasteiger partial charge in [-0.05, 0) is 41.8 Å². The number of amides is 1. The Hall–Kier alpha value is -1.03. The Morgan fingerprint density at radius 3 is 2.90 bits per heavy atom. The van der Waals surface area contributed by atoms with E-state index in [-0.39, 0.29) is 11.3 Å². The molecular weight excluding hydrogens is 313 g/mol. The van der Waals surface area contributed by atoms with Crippen molar-refractivity contribution in [3.63, 3.8) is 0 Å². The molecule has 1 N–H and O–H groups in total. The van der Waals surface area contributed by atoms with Gasteiger partial charge in [0.1, 0.15) is 0 Å². The lowest BCUT2D eigenvalue weighted by Gasteiger charge is -2.12. The highest BCUT2D eigenvalue weighted by Gasteiger charge is 2.23. The number of nitrogens with one attached hydrogen (secondary N) is 1. The number of aryl methyl sites for hydroxylation is 1. The molecule has 1 atom stereocenters. The largest absolute Gasteiger partial charge is 0.325 e. The Kier molecular flexibility index (Phi) is 3.76. The molecule has 0 spiro atoms. The lowest BCUT2D eigenvalue weighted by Crippen LogP contribution is -2.03. The third-order valence-electron chi connectivity index (χ3n) is 3.40. The van der Waals surface area contributed by atoms with Crippen LogP contribution < -0.4 is 5.32 Å². The second kappa shape index (κ2) is 5.40. The summed E-state index contributed by atoms with van der Waals surface area (Å²) in [6, 6.07) is 7.88. The first kappa shape index (κ1) is 13.9. The van der Waals surface area contributed by atoms with Gasteiger partial charge in [-0.2, -0.15) is 0 Å².